The first kappa shape index (κ1) is 15.3. The number of hydrogen-bond donors (Lipinski definition) is 1. The molecule has 0 bridgehead atoms. The number of carbonyl (C=O) groups excluding carboxylic acids is 1. The Morgan fingerprint density at radius 2 is 1.73 bits per heavy atom. The first-order valence-electron chi connectivity index (χ1n) is 8.47. The number of nitrogens with zero attached hydrogens (tertiary/aromatic N) is 1. The molecule has 1 saturated carbocycles. The summed E-state index contributed by atoms with van der Waals surface area (Å²) < 4.78 is 5.95. The number of piperidine rings is 1. The molecule has 0 atom stereocenters. The van der Waals surface area contributed by atoms with Gasteiger partial charge in [-0.15, -0.1) is 0 Å². The number of nitrogens with one attached hydrogen (secondary N) is 1. The summed E-state index contributed by atoms with van der Waals surface area (Å²) in [6, 6.07) is 7.80. The second kappa shape index (κ2) is 7.14. The van der Waals surface area contributed by atoms with Gasteiger partial charge in [0.2, 0.25) is 5.91 Å². The maximum Gasteiger partial charge on any atom is 0.227 e. The number of benzene rings is 1. The quantitative estimate of drug-likeness (QED) is 0.928. The average molecular weight is 302 g/mol. The van der Waals surface area contributed by atoms with Gasteiger partial charge in [-0.25, -0.2) is 0 Å². The Balaban J connectivity index is 1.50. The Morgan fingerprint density at radius 3 is 2.36 bits per heavy atom. The van der Waals surface area contributed by atoms with Crippen LogP contribution in [-0.2, 0) is 4.79 Å². The van der Waals surface area contributed by atoms with Crippen LogP contribution < -0.4 is 10.1 Å². The van der Waals surface area contributed by atoms with Crippen LogP contribution in [0.15, 0.2) is 24.3 Å². The van der Waals surface area contributed by atoms with Gasteiger partial charge >= 0.3 is 0 Å². The lowest BCUT2D eigenvalue weighted by atomic mass is 9.96. The van der Waals surface area contributed by atoms with Crippen molar-refractivity contribution in [2.45, 2.75) is 44.6 Å². The summed E-state index contributed by atoms with van der Waals surface area (Å²) in [6.07, 6.45) is 7.14. The van der Waals surface area contributed by atoms with Crippen LogP contribution in [0.4, 0.5) is 5.69 Å². The molecule has 2 aliphatic rings. The minimum absolute atomic E-state index is 0.144. The molecule has 1 aliphatic carbocycles. The monoisotopic (exact) mass is 302 g/mol. The zero-order chi connectivity index (χ0) is 15.4. The minimum Gasteiger partial charge on any atom is -0.490 e. The highest BCUT2D eigenvalue weighted by atomic mass is 16.5. The van der Waals surface area contributed by atoms with E-state index < -0.39 is 0 Å². The predicted molar refractivity (Wildman–Crippen MR) is 88.2 cm³/mol. The molecule has 22 heavy (non-hydrogen) atoms. The lowest BCUT2D eigenvalue weighted by Gasteiger charge is -2.28. The highest BCUT2D eigenvalue weighted by Gasteiger charge is 2.23. The van der Waals surface area contributed by atoms with Gasteiger partial charge in [0.15, 0.2) is 0 Å². The number of hydrogen-bond acceptors (Lipinski definition) is 3. The van der Waals surface area contributed by atoms with Crippen LogP contribution in [0.2, 0.25) is 0 Å². The average Bonchev–Trinajstić information content (AvgIpc) is 3.03. The molecule has 1 aromatic carbocycles. The van der Waals surface area contributed by atoms with Crippen molar-refractivity contribution in [3.63, 3.8) is 0 Å². The normalized spacial score (nSPS) is 21.0. The first-order valence-corrected chi connectivity index (χ1v) is 8.47. The van der Waals surface area contributed by atoms with Crippen LogP contribution in [-0.4, -0.2) is 37.0 Å². The highest BCUT2D eigenvalue weighted by Crippen LogP contribution is 2.25. The van der Waals surface area contributed by atoms with Crippen molar-refractivity contribution in [2.24, 2.45) is 5.92 Å². The largest absolute Gasteiger partial charge is 0.490 e. The van der Waals surface area contributed by atoms with Crippen molar-refractivity contribution >= 4 is 11.6 Å². The molecule has 4 nitrogen and oxygen atoms in total. The van der Waals surface area contributed by atoms with E-state index in [0.717, 1.165) is 50.2 Å². The predicted octanol–water partition coefficient (Wildman–Crippen LogP) is 3.29. The molecule has 0 radical (unpaired) electrons. The van der Waals surface area contributed by atoms with Crippen molar-refractivity contribution in [3.05, 3.63) is 24.3 Å². The van der Waals surface area contributed by atoms with Crippen LogP contribution in [0, 0.1) is 5.92 Å². The molecule has 0 spiro atoms. The summed E-state index contributed by atoms with van der Waals surface area (Å²) in [5, 5.41) is 3.03. The molecule has 1 N–H and O–H groups in total. The molecule has 1 aliphatic heterocycles. The maximum absolute atomic E-state index is 12.3. The topological polar surface area (TPSA) is 41.6 Å². The molecule has 3 rings (SSSR count). The van der Waals surface area contributed by atoms with Gasteiger partial charge in [0, 0.05) is 11.6 Å². The summed E-state index contributed by atoms with van der Waals surface area (Å²) >= 11 is 0. The van der Waals surface area contributed by atoms with Crippen molar-refractivity contribution < 1.29 is 9.53 Å². The molecule has 4 heteroatoms. The SMILES string of the molecule is CN1CCC(C(=O)Nc2ccc(OC3CCCC3)cc2)CC1. The number of likely N-dealkylation sites (tertiary alicyclic amines) is 1. The van der Waals surface area contributed by atoms with Gasteiger partial charge in [-0.3, -0.25) is 4.79 Å². The van der Waals surface area contributed by atoms with Crippen LogP contribution >= 0.6 is 0 Å². The lowest BCUT2D eigenvalue weighted by molar-refractivity contribution is -0.121. The van der Waals surface area contributed by atoms with E-state index >= 15 is 0 Å². The molecule has 1 amide bonds. The van der Waals surface area contributed by atoms with Gasteiger partial charge < -0.3 is 15.0 Å². The molecular weight excluding hydrogens is 276 g/mol. The fraction of sp³-hybridized carbons (Fsp3) is 0.611. The number of rotatable bonds is 4. The van der Waals surface area contributed by atoms with Crippen LogP contribution in [0.1, 0.15) is 38.5 Å². The number of anilines is 1. The highest BCUT2D eigenvalue weighted by molar-refractivity contribution is 5.92. The van der Waals surface area contributed by atoms with Crippen molar-refractivity contribution in [3.8, 4) is 5.75 Å². The minimum atomic E-state index is 0.144. The zero-order valence-corrected chi connectivity index (χ0v) is 13.4. The Hall–Kier alpha value is -1.55. The summed E-state index contributed by atoms with van der Waals surface area (Å²) in [7, 11) is 2.11. The molecule has 120 valence electrons. The number of carbonyl (C=O) groups is 1. The van der Waals surface area contributed by atoms with E-state index in [1.54, 1.807) is 0 Å². The molecule has 0 aromatic heterocycles. The van der Waals surface area contributed by atoms with E-state index in [1.165, 1.54) is 12.8 Å². The number of ether oxygens (including phenoxy) is 1. The van der Waals surface area contributed by atoms with Crippen molar-refractivity contribution in [1.82, 2.24) is 4.90 Å². The molecular formula is C18H26N2O2. The molecule has 2 fully saturated rings. The van der Waals surface area contributed by atoms with Gasteiger partial charge in [0.1, 0.15) is 5.75 Å². The zero-order valence-electron chi connectivity index (χ0n) is 13.4. The summed E-state index contributed by atoms with van der Waals surface area (Å²) in [5.74, 6) is 1.20. The van der Waals surface area contributed by atoms with Gasteiger partial charge in [-0.05, 0) is 82.9 Å². The Labute approximate surface area is 132 Å². The fourth-order valence-corrected chi connectivity index (χ4v) is 3.33. The van der Waals surface area contributed by atoms with E-state index in [9.17, 15) is 4.79 Å². The summed E-state index contributed by atoms with van der Waals surface area (Å²) in [4.78, 5) is 14.6. The Bertz CT molecular complexity index is 486. The van der Waals surface area contributed by atoms with Gasteiger partial charge in [0.05, 0.1) is 6.10 Å². The van der Waals surface area contributed by atoms with Crippen LogP contribution in [0.25, 0.3) is 0 Å². The van der Waals surface area contributed by atoms with E-state index in [0.29, 0.717) is 6.10 Å². The summed E-state index contributed by atoms with van der Waals surface area (Å²) in [6.45, 7) is 2.01. The van der Waals surface area contributed by atoms with Crippen molar-refractivity contribution in [1.29, 1.82) is 0 Å². The van der Waals surface area contributed by atoms with Crippen LogP contribution in [0.3, 0.4) is 0 Å². The van der Waals surface area contributed by atoms with E-state index in [2.05, 4.69) is 17.3 Å². The van der Waals surface area contributed by atoms with Gasteiger partial charge in [-0.2, -0.15) is 0 Å². The number of amides is 1. The Morgan fingerprint density at radius 1 is 1.09 bits per heavy atom. The standard InChI is InChI=1S/C18H26N2O2/c1-20-12-10-14(11-13-20)18(21)19-15-6-8-17(9-7-15)22-16-4-2-3-5-16/h6-9,14,16H,2-5,10-13H2,1H3,(H,19,21). The van der Waals surface area contributed by atoms with Crippen LogP contribution in [0.5, 0.6) is 5.75 Å². The van der Waals surface area contributed by atoms with E-state index in [4.69, 9.17) is 4.74 Å². The van der Waals surface area contributed by atoms with E-state index in [-0.39, 0.29) is 11.8 Å². The molecule has 1 heterocycles. The Kier molecular flexibility index (Phi) is 4.98. The van der Waals surface area contributed by atoms with E-state index in [1.807, 2.05) is 24.3 Å². The second-order valence-electron chi connectivity index (χ2n) is 6.62. The van der Waals surface area contributed by atoms with Gasteiger partial charge in [-0.1, -0.05) is 0 Å². The first-order chi connectivity index (χ1) is 10.7. The third-order valence-corrected chi connectivity index (χ3v) is 4.82. The van der Waals surface area contributed by atoms with Crippen molar-refractivity contribution in [2.75, 3.05) is 25.5 Å². The third-order valence-electron chi connectivity index (χ3n) is 4.82. The summed E-state index contributed by atoms with van der Waals surface area (Å²) in [5.41, 5.74) is 0.864. The smallest absolute Gasteiger partial charge is 0.227 e. The maximum atomic E-state index is 12.3. The molecule has 1 saturated heterocycles. The molecule has 1 aromatic rings. The lowest BCUT2D eigenvalue weighted by Crippen LogP contribution is -2.35. The van der Waals surface area contributed by atoms with Gasteiger partial charge in [0.25, 0.3) is 0 Å². The third kappa shape index (κ3) is 4.01. The fourth-order valence-electron chi connectivity index (χ4n) is 3.33. The second-order valence-corrected chi connectivity index (χ2v) is 6.62. The molecule has 0 unspecified atom stereocenters.